The van der Waals surface area contributed by atoms with Gasteiger partial charge in [-0.2, -0.15) is 0 Å². The minimum Gasteiger partial charge on any atom is -0.504 e. The summed E-state index contributed by atoms with van der Waals surface area (Å²) in [7, 11) is 1.54. The van der Waals surface area contributed by atoms with Crippen molar-refractivity contribution in [2.45, 2.75) is 19.4 Å². The zero-order valence-corrected chi connectivity index (χ0v) is 11.3. The molecule has 100 valence electrons. The molecule has 0 spiro atoms. The Labute approximate surface area is 113 Å². The third-order valence-corrected chi connectivity index (χ3v) is 2.98. The lowest BCUT2D eigenvalue weighted by molar-refractivity contribution is 0.373. The summed E-state index contributed by atoms with van der Waals surface area (Å²) in [5.41, 5.74) is 2.18. The Morgan fingerprint density at radius 3 is 2.53 bits per heavy atom. The third-order valence-electron chi connectivity index (χ3n) is 2.98. The van der Waals surface area contributed by atoms with Gasteiger partial charge in [0.15, 0.2) is 11.5 Å². The van der Waals surface area contributed by atoms with E-state index in [0.717, 1.165) is 12.1 Å². The number of hydrogen-bond donors (Lipinski definition) is 2. The summed E-state index contributed by atoms with van der Waals surface area (Å²) in [4.78, 5) is 0. The van der Waals surface area contributed by atoms with Gasteiger partial charge in [0, 0.05) is 17.8 Å². The summed E-state index contributed by atoms with van der Waals surface area (Å²) in [6.07, 6.45) is 0.938. The van der Waals surface area contributed by atoms with Gasteiger partial charge in [0.05, 0.1) is 7.11 Å². The largest absolute Gasteiger partial charge is 0.504 e. The van der Waals surface area contributed by atoms with Gasteiger partial charge in [-0.25, -0.2) is 0 Å². The Morgan fingerprint density at radius 2 is 1.89 bits per heavy atom. The molecule has 3 heteroatoms. The molecule has 2 aromatic carbocycles. The Balaban J connectivity index is 1.99. The van der Waals surface area contributed by atoms with Crippen molar-refractivity contribution in [3.63, 3.8) is 0 Å². The highest BCUT2D eigenvalue weighted by molar-refractivity contribution is 5.54. The lowest BCUT2D eigenvalue weighted by atomic mass is 10.1. The first kappa shape index (κ1) is 13.3. The fraction of sp³-hybridized carbons (Fsp3) is 0.250. The first-order valence-electron chi connectivity index (χ1n) is 6.36. The molecule has 2 N–H and O–H groups in total. The molecular formula is C16H19NO2. The molecule has 0 fully saturated rings. The second-order valence-electron chi connectivity index (χ2n) is 4.62. The smallest absolute Gasteiger partial charge is 0.160 e. The SMILES string of the molecule is COc1ccc(NC(C)Cc2ccccc2)cc1O. The van der Waals surface area contributed by atoms with Crippen LogP contribution in [0.1, 0.15) is 12.5 Å². The molecule has 0 bridgehead atoms. The minimum absolute atomic E-state index is 0.152. The molecule has 3 nitrogen and oxygen atoms in total. The van der Waals surface area contributed by atoms with Gasteiger partial charge in [-0.05, 0) is 31.0 Å². The van der Waals surface area contributed by atoms with E-state index in [9.17, 15) is 5.11 Å². The molecule has 19 heavy (non-hydrogen) atoms. The van der Waals surface area contributed by atoms with Gasteiger partial charge in [-0.15, -0.1) is 0 Å². The van der Waals surface area contributed by atoms with Crippen molar-refractivity contribution in [1.82, 2.24) is 0 Å². The molecule has 2 aromatic rings. The summed E-state index contributed by atoms with van der Waals surface area (Å²) in [6.45, 7) is 2.12. The van der Waals surface area contributed by atoms with Crippen LogP contribution in [0.15, 0.2) is 48.5 Å². The van der Waals surface area contributed by atoms with E-state index in [0.29, 0.717) is 5.75 Å². The van der Waals surface area contributed by atoms with Gasteiger partial charge in [-0.3, -0.25) is 0 Å². The monoisotopic (exact) mass is 257 g/mol. The highest BCUT2D eigenvalue weighted by Crippen LogP contribution is 2.28. The van der Waals surface area contributed by atoms with Crippen LogP contribution in [0.5, 0.6) is 11.5 Å². The minimum atomic E-state index is 0.152. The molecule has 0 radical (unpaired) electrons. The van der Waals surface area contributed by atoms with Crippen LogP contribution in [-0.4, -0.2) is 18.3 Å². The number of phenols is 1. The molecule has 1 unspecified atom stereocenters. The summed E-state index contributed by atoms with van der Waals surface area (Å²) >= 11 is 0. The maximum absolute atomic E-state index is 9.73. The Hall–Kier alpha value is -2.16. The Bertz CT molecular complexity index is 526. The average Bonchev–Trinajstić information content (AvgIpc) is 2.40. The van der Waals surface area contributed by atoms with E-state index in [4.69, 9.17) is 4.74 Å². The van der Waals surface area contributed by atoms with Crippen molar-refractivity contribution in [2.75, 3.05) is 12.4 Å². The number of anilines is 1. The first-order valence-corrected chi connectivity index (χ1v) is 6.36. The van der Waals surface area contributed by atoms with Crippen LogP contribution in [0.4, 0.5) is 5.69 Å². The van der Waals surface area contributed by atoms with Crippen LogP contribution in [0.2, 0.25) is 0 Å². The van der Waals surface area contributed by atoms with Crippen LogP contribution in [0.3, 0.4) is 0 Å². The molecule has 0 saturated carbocycles. The molecule has 2 rings (SSSR count). The molecule has 0 aromatic heterocycles. The van der Waals surface area contributed by atoms with E-state index in [1.54, 1.807) is 19.2 Å². The van der Waals surface area contributed by atoms with Crippen molar-refractivity contribution < 1.29 is 9.84 Å². The van der Waals surface area contributed by atoms with Gasteiger partial charge >= 0.3 is 0 Å². The average molecular weight is 257 g/mol. The number of methoxy groups -OCH3 is 1. The van der Waals surface area contributed by atoms with Crippen LogP contribution >= 0.6 is 0 Å². The van der Waals surface area contributed by atoms with E-state index in [2.05, 4.69) is 24.4 Å². The van der Waals surface area contributed by atoms with E-state index in [-0.39, 0.29) is 11.8 Å². The normalized spacial score (nSPS) is 11.9. The topological polar surface area (TPSA) is 41.5 Å². The second-order valence-corrected chi connectivity index (χ2v) is 4.62. The maximum Gasteiger partial charge on any atom is 0.160 e. The number of benzene rings is 2. The lowest BCUT2D eigenvalue weighted by Gasteiger charge is -2.16. The van der Waals surface area contributed by atoms with Gasteiger partial charge in [0.25, 0.3) is 0 Å². The molecule has 0 saturated heterocycles. The van der Waals surface area contributed by atoms with Crippen LogP contribution in [0.25, 0.3) is 0 Å². The molecule has 0 heterocycles. The predicted molar refractivity (Wildman–Crippen MR) is 77.9 cm³/mol. The maximum atomic E-state index is 9.73. The van der Waals surface area contributed by atoms with Gasteiger partial charge in [0.1, 0.15) is 0 Å². The van der Waals surface area contributed by atoms with Crippen LogP contribution in [-0.2, 0) is 6.42 Å². The van der Waals surface area contributed by atoms with Crippen molar-refractivity contribution in [1.29, 1.82) is 0 Å². The number of nitrogens with one attached hydrogen (secondary N) is 1. The molecular weight excluding hydrogens is 238 g/mol. The highest BCUT2D eigenvalue weighted by Gasteiger charge is 2.06. The van der Waals surface area contributed by atoms with Crippen molar-refractivity contribution in [2.24, 2.45) is 0 Å². The fourth-order valence-electron chi connectivity index (χ4n) is 2.08. The van der Waals surface area contributed by atoms with E-state index in [1.807, 2.05) is 24.3 Å². The molecule has 0 aliphatic carbocycles. The van der Waals surface area contributed by atoms with Crippen molar-refractivity contribution in [3.8, 4) is 11.5 Å². The number of aromatic hydroxyl groups is 1. The van der Waals surface area contributed by atoms with E-state index < -0.39 is 0 Å². The second kappa shape index (κ2) is 6.14. The molecule has 0 amide bonds. The molecule has 1 atom stereocenters. The summed E-state index contributed by atoms with van der Waals surface area (Å²) < 4.78 is 5.02. The quantitative estimate of drug-likeness (QED) is 0.862. The first-order chi connectivity index (χ1) is 9.19. The summed E-state index contributed by atoms with van der Waals surface area (Å²) in [5, 5.41) is 13.1. The predicted octanol–water partition coefficient (Wildman–Crippen LogP) is 3.44. The molecule has 0 aliphatic rings. The Morgan fingerprint density at radius 1 is 1.16 bits per heavy atom. The van der Waals surface area contributed by atoms with Crippen LogP contribution in [0, 0.1) is 0 Å². The van der Waals surface area contributed by atoms with Crippen molar-refractivity contribution >= 4 is 5.69 Å². The lowest BCUT2D eigenvalue weighted by Crippen LogP contribution is -2.17. The van der Waals surface area contributed by atoms with Gasteiger partial charge in [0.2, 0.25) is 0 Å². The number of phenolic OH excluding ortho intramolecular Hbond substituents is 1. The van der Waals surface area contributed by atoms with E-state index in [1.165, 1.54) is 5.56 Å². The number of ether oxygens (including phenoxy) is 1. The van der Waals surface area contributed by atoms with Gasteiger partial charge in [-0.1, -0.05) is 30.3 Å². The van der Waals surface area contributed by atoms with E-state index >= 15 is 0 Å². The highest BCUT2D eigenvalue weighted by atomic mass is 16.5. The summed E-state index contributed by atoms with van der Waals surface area (Å²) in [6, 6.07) is 16.0. The Kier molecular flexibility index (Phi) is 4.29. The van der Waals surface area contributed by atoms with Gasteiger partial charge < -0.3 is 15.2 Å². The van der Waals surface area contributed by atoms with Crippen molar-refractivity contribution in [3.05, 3.63) is 54.1 Å². The number of hydrogen-bond acceptors (Lipinski definition) is 3. The standard InChI is InChI=1S/C16H19NO2/c1-12(10-13-6-4-3-5-7-13)17-14-8-9-16(19-2)15(18)11-14/h3-9,11-12,17-18H,10H2,1-2H3. The zero-order valence-electron chi connectivity index (χ0n) is 11.3. The molecule has 0 aliphatic heterocycles. The third kappa shape index (κ3) is 3.65. The zero-order chi connectivity index (χ0) is 13.7. The summed E-state index contributed by atoms with van der Waals surface area (Å²) in [5.74, 6) is 0.640. The number of rotatable bonds is 5. The fourth-order valence-corrected chi connectivity index (χ4v) is 2.08. The van der Waals surface area contributed by atoms with Crippen LogP contribution < -0.4 is 10.1 Å².